The number of ether oxygens (including phenoxy) is 1. The number of hydrogen-bond donors (Lipinski definition) is 1. The summed E-state index contributed by atoms with van der Waals surface area (Å²) in [5.74, 6) is 0. The van der Waals surface area contributed by atoms with E-state index in [1.807, 2.05) is 0 Å². The molecular weight excluding hydrogens is 278 g/mol. The first-order valence-electron chi connectivity index (χ1n) is 6.35. The van der Waals surface area contributed by atoms with Gasteiger partial charge in [0.2, 0.25) is 0 Å². The maximum atomic E-state index is 5.89. The van der Waals surface area contributed by atoms with Gasteiger partial charge in [0.25, 0.3) is 0 Å². The highest BCUT2D eigenvalue weighted by atomic mass is 79.9. The van der Waals surface area contributed by atoms with E-state index in [-0.39, 0.29) is 6.10 Å². The molecule has 1 rings (SSSR count). The van der Waals surface area contributed by atoms with Crippen molar-refractivity contribution in [2.75, 3.05) is 19.7 Å². The summed E-state index contributed by atoms with van der Waals surface area (Å²) >= 11 is 3.45. The summed E-state index contributed by atoms with van der Waals surface area (Å²) in [5.41, 5.74) is 1.24. The molecule has 0 aliphatic rings. The Balaban J connectivity index is 2.57. The van der Waals surface area contributed by atoms with E-state index in [9.17, 15) is 0 Å². The van der Waals surface area contributed by atoms with Gasteiger partial charge in [-0.25, -0.2) is 0 Å². The predicted molar refractivity (Wildman–Crippen MR) is 76.3 cm³/mol. The van der Waals surface area contributed by atoms with Crippen LogP contribution < -0.4 is 5.32 Å². The fourth-order valence-electron chi connectivity index (χ4n) is 1.62. The Morgan fingerprint density at radius 2 is 1.88 bits per heavy atom. The molecule has 1 atom stereocenters. The second-order valence-corrected chi connectivity index (χ2v) is 5.03. The Hall–Kier alpha value is -0.380. The van der Waals surface area contributed by atoms with Crippen LogP contribution >= 0.6 is 15.9 Å². The molecule has 0 spiro atoms. The van der Waals surface area contributed by atoms with Crippen LogP contribution in [0.3, 0.4) is 0 Å². The molecule has 96 valence electrons. The topological polar surface area (TPSA) is 21.3 Å². The smallest absolute Gasteiger partial charge is 0.0949 e. The van der Waals surface area contributed by atoms with E-state index < -0.39 is 0 Å². The van der Waals surface area contributed by atoms with E-state index in [2.05, 4.69) is 59.4 Å². The van der Waals surface area contributed by atoms with E-state index in [1.165, 1.54) is 5.56 Å². The number of halogens is 1. The highest BCUT2D eigenvalue weighted by Gasteiger charge is 2.10. The van der Waals surface area contributed by atoms with Crippen LogP contribution in [0.2, 0.25) is 0 Å². The van der Waals surface area contributed by atoms with E-state index >= 15 is 0 Å². The lowest BCUT2D eigenvalue weighted by Gasteiger charge is -2.18. The van der Waals surface area contributed by atoms with Crippen LogP contribution in [0.5, 0.6) is 0 Å². The number of benzene rings is 1. The Kier molecular flexibility index (Phi) is 7.49. The molecule has 1 unspecified atom stereocenters. The van der Waals surface area contributed by atoms with Crippen molar-refractivity contribution in [3.63, 3.8) is 0 Å². The molecule has 0 bridgehead atoms. The van der Waals surface area contributed by atoms with Crippen LogP contribution in [0.15, 0.2) is 28.7 Å². The van der Waals surface area contributed by atoms with Gasteiger partial charge in [0, 0.05) is 17.6 Å². The average molecular weight is 300 g/mol. The lowest BCUT2D eigenvalue weighted by molar-refractivity contribution is 0.0531. The second-order valence-electron chi connectivity index (χ2n) is 4.12. The lowest BCUT2D eigenvalue weighted by atomic mass is 10.1. The summed E-state index contributed by atoms with van der Waals surface area (Å²) < 4.78 is 6.99. The molecule has 0 saturated heterocycles. The fraction of sp³-hybridized carbons (Fsp3) is 0.571. The molecule has 0 aliphatic heterocycles. The first kappa shape index (κ1) is 14.7. The van der Waals surface area contributed by atoms with Crippen molar-refractivity contribution >= 4 is 15.9 Å². The molecule has 1 aromatic carbocycles. The van der Waals surface area contributed by atoms with Crippen molar-refractivity contribution in [1.29, 1.82) is 0 Å². The third-order valence-electron chi connectivity index (χ3n) is 2.52. The van der Waals surface area contributed by atoms with Gasteiger partial charge in [-0.3, -0.25) is 0 Å². The Morgan fingerprint density at radius 3 is 2.47 bits per heavy atom. The number of hydrogen-bond acceptors (Lipinski definition) is 2. The van der Waals surface area contributed by atoms with Crippen LogP contribution in [0.25, 0.3) is 0 Å². The van der Waals surface area contributed by atoms with Gasteiger partial charge in [-0.05, 0) is 37.1 Å². The molecule has 0 fully saturated rings. The summed E-state index contributed by atoms with van der Waals surface area (Å²) in [6, 6.07) is 8.38. The zero-order valence-electron chi connectivity index (χ0n) is 10.7. The van der Waals surface area contributed by atoms with Gasteiger partial charge in [0.1, 0.15) is 0 Å². The minimum atomic E-state index is 0.162. The molecule has 0 radical (unpaired) electrons. The van der Waals surface area contributed by atoms with Crippen molar-refractivity contribution in [3.05, 3.63) is 34.3 Å². The quantitative estimate of drug-likeness (QED) is 0.735. The second kappa shape index (κ2) is 8.67. The molecule has 0 aromatic heterocycles. The van der Waals surface area contributed by atoms with Crippen LogP contribution in [0, 0.1) is 0 Å². The van der Waals surface area contributed by atoms with Gasteiger partial charge in [-0.15, -0.1) is 0 Å². The SMILES string of the molecule is CCCNCC(OCCC)c1ccc(Br)cc1. The van der Waals surface area contributed by atoms with E-state index in [1.54, 1.807) is 0 Å². The van der Waals surface area contributed by atoms with Gasteiger partial charge >= 0.3 is 0 Å². The number of nitrogens with one attached hydrogen (secondary N) is 1. The highest BCUT2D eigenvalue weighted by Crippen LogP contribution is 2.19. The van der Waals surface area contributed by atoms with Crippen LogP contribution in [0.4, 0.5) is 0 Å². The van der Waals surface area contributed by atoms with Crippen LogP contribution in [-0.4, -0.2) is 19.7 Å². The first-order chi connectivity index (χ1) is 8.27. The summed E-state index contributed by atoms with van der Waals surface area (Å²) in [4.78, 5) is 0. The van der Waals surface area contributed by atoms with Crippen molar-refractivity contribution in [3.8, 4) is 0 Å². The highest BCUT2D eigenvalue weighted by molar-refractivity contribution is 9.10. The third kappa shape index (κ3) is 5.66. The molecule has 0 saturated carbocycles. The third-order valence-corrected chi connectivity index (χ3v) is 3.05. The van der Waals surface area contributed by atoms with Crippen molar-refractivity contribution in [2.45, 2.75) is 32.8 Å². The summed E-state index contributed by atoms with van der Waals surface area (Å²) in [6.45, 7) is 7.05. The van der Waals surface area contributed by atoms with E-state index in [0.717, 1.165) is 37.0 Å². The van der Waals surface area contributed by atoms with Crippen molar-refractivity contribution < 1.29 is 4.74 Å². The molecule has 2 nitrogen and oxygen atoms in total. The number of rotatable bonds is 8. The molecule has 1 N–H and O–H groups in total. The summed E-state index contributed by atoms with van der Waals surface area (Å²) in [5, 5.41) is 3.42. The molecular formula is C14H22BrNO. The monoisotopic (exact) mass is 299 g/mol. The van der Waals surface area contributed by atoms with E-state index in [4.69, 9.17) is 4.74 Å². The largest absolute Gasteiger partial charge is 0.372 e. The predicted octanol–water partition coefficient (Wildman–Crippen LogP) is 3.92. The van der Waals surface area contributed by atoms with Gasteiger partial charge < -0.3 is 10.1 Å². The van der Waals surface area contributed by atoms with E-state index in [0.29, 0.717) is 0 Å². The molecule has 3 heteroatoms. The minimum Gasteiger partial charge on any atom is -0.372 e. The maximum absolute atomic E-state index is 5.89. The van der Waals surface area contributed by atoms with Gasteiger partial charge in [-0.1, -0.05) is 41.9 Å². The molecule has 0 heterocycles. The standard InChI is InChI=1S/C14H22BrNO/c1-3-9-16-11-14(17-10-4-2)12-5-7-13(15)8-6-12/h5-8,14,16H,3-4,9-11H2,1-2H3. The maximum Gasteiger partial charge on any atom is 0.0949 e. The van der Waals surface area contributed by atoms with Gasteiger partial charge in [0.05, 0.1) is 6.10 Å². The Bertz CT molecular complexity index is 300. The van der Waals surface area contributed by atoms with Crippen LogP contribution in [0.1, 0.15) is 38.4 Å². The molecule has 1 aromatic rings. The Morgan fingerprint density at radius 1 is 1.18 bits per heavy atom. The summed E-state index contributed by atoms with van der Waals surface area (Å²) in [7, 11) is 0. The zero-order chi connectivity index (χ0) is 12.5. The molecule has 17 heavy (non-hydrogen) atoms. The van der Waals surface area contributed by atoms with Crippen molar-refractivity contribution in [1.82, 2.24) is 5.32 Å². The zero-order valence-corrected chi connectivity index (χ0v) is 12.3. The Labute approximate surface area is 113 Å². The average Bonchev–Trinajstić information content (AvgIpc) is 2.35. The fourth-order valence-corrected chi connectivity index (χ4v) is 1.88. The van der Waals surface area contributed by atoms with Crippen LogP contribution in [-0.2, 0) is 4.74 Å². The molecule has 0 amide bonds. The lowest BCUT2D eigenvalue weighted by Crippen LogP contribution is -2.24. The normalized spacial score (nSPS) is 12.6. The molecule has 0 aliphatic carbocycles. The van der Waals surface area contributed by atoms with Crippen molar-refractivity contribution in [2.24, 2.45) is 0 Å². The van der Waals surface area contributed by atoms with Gasteiger partial charge in [-0.2, -0.15) is 0 Å². The summed E-state index contributed by atoms with van der Waals surface area (Å²) in [6.07, 6.45) is 2.37. The first-order valence-corrected chi connectivity index (χ1v) is 7.15. The van der Waals surface area contributed by atoms with Gasteiger partial charge in [0.15, 0.2) is 0 Å². The minimum absolute atomic E-state index is 0.162.